The smallest absolute Gasteiger partial charge is 0.335 e. The second-order valence-electron chi connectivity index (χ2n) is 7.03. The molecule has 0 saturated carbocycles. The predicted octanol–water partition coefficient (Wildman–Crippen LogP) is 4.67. The molecule has 0 spiro atoms. The van der Waals surface area contributed by atoms with Gasteiger partial charge in [-0.15, -0.1) is 12.4 Å². The van der Waals surface area contributed by atoms with E-state index >= 15 is 0 Å². The summed E-state index contributed by atoms with van der Waals surface area (Å²) in [5.41, 5.74) is 6.13. The maximum absolute atomic E-state index is 12.6. The molecule has 0 aliphatic heterocycles. The summed E-state index contributed by atoms with van der Waals surface area (Å²) in [4.78, 5) is 23.5. The summed E-state index contributed by atoms with van der Waals surface area (Å²) in [6.45, 7) is 0.529. The van der Waals surface area contributed by atoms with E-state index in [1.807, 2.05) is 24.3 Å². The molecule has 4 rings (SSSR count). The Labute approximate surface area is 176 Å². The summed E-state index contributed by atoms with van der Waals surface area (Å²) < 4.78 is 0. The van der Waals surface area contributed by atoms with Gasteiger partial charge in [-0.25, -0.2) is 4.79 Å². The van der Waals surface area contributed by atoms with Gasteiger partial charge in [0.15, 0.2) is 0 Å². The standard InChI is InChI=1S/C24H21NO3.ClH/c26-23(25-14-13-16-9-11-17(12-10-16)24(27)28)15-22-20-7-3-1-5-18(20)19-6-2-4-8-21(19)22;/h1-12,22H,13-15H2,(H,25,26)(H,27,28);1H. The first-order valence-corrected chi connectivity index (χ1v) is 9.40. The van der Waals surface area contributed by atoms with E-state index in [-0.39, 0.29) is 29.8 Å². The van der Waals surface area contributed by atoms with Crippen LogP contribution in [0.1, 0.15) is 39.4 Å². The van der Waals surface area contributed by atoms with Crippen molar-refractivity contribution in [2.45, 2.75) is 18.8 Å². The molecule has 29 heavy (non-hydrogen) atoms. The third-order valence-corrected chi connectivity index (χ3v) is 5.29. The lowest BCUT2D eigenvalue weighted by atomic mass is 9.93. The molecule has 3 aromatic rings. The van der Waals surface area contributed by atoms with Gasteiger partial charge in [-0.05, 0) is 46.4 Å². The van der Waals surface area contributed by atoms with E-state index in [0.29, 0.717) is 19.4 Å². The van der Waals surface area contributed by atoms with Gasteiger partial charge in [0.25, 0.3) is 0 Å². The van der Waals surface area contributed by atoms with E-state index < -0.39 is 5.97 Å². The van der Waals surface area contributed by atoms with Gasteiger partial charge in [0.05, 0.1) is 5.56 Å². The van der Waals surface area contributed by atoms with Crippen LogP contribution in [-0.4, -0.2) is 23.5 Å². The van der Waals surface area contributed by atoms with Crippen molar-refractivity contribution in [3.8, 4) is 11.1 Å². The number of carboxylic acids is 1. The molecule has 0 aromatic heterocycles. The van der Waals surface area contributed by atoms with Crippen LogP contribution in [-0.2, 0) is 11.2 Å². The van der Waals surface area contributed by atoms with Crippen LogP contribution in [0, 0.1) is 0 Å². The van der Waals surface area contributed by atoms with E-state index in [9.17, 15) is 9.59 Å². The highest BCUT2D eigenvalue weighted by molar-refractivity contribution is 5.87. The fourth-order valence-corrected chi connectivity index (χ4v) is 3.90. The molecule has 0 atom stereocenters. The highest BCUT2D eigenvalue weighted by Crippen LogP contribution is 2.45. The zero-order chi connectivity index (χ0) is 19.5. The van der Waals surface area contributed by atoms with E-state index in [1.165, 1.54) is 22.3 Å². The Morgan fingerprint density at radius 1 is 0.828 bits per heavy atom. The fraction of sp³-hybridized carbons (Fsp3) is 0.167. The first-order chi connectivity index (χ1) is 13.6. The lowest BCUT2D eigenvalue weighted by molar-refractivity contribution is -0.121. The zero-order valence-electron chi connectivity index (χ0n) is 15.8. The number of carbonyl (C=O) groups is 2. The highest BCUT2D eigenvalue weighted by Gasteiger charge is 2.29. The SMILES string of the molecule is Cl.O=C(CC1c2ccccc2-c2ccccc21)NCCc1ccc(C(=O)O)cc1. The summed E-state index contributed by atoms with van der Waals surface area (Å²) in [6.07, 6.45) is 1.09. The number of amides is 1. The number of halogens is 1. The van der Waals surface area contributed by atoms with Crippen LogP contribution in [0.5, 0.6) is 0 Å². The van der Waals surface area contributed by atoms with E-state index in [0.717, 1.165) is 5.56 Å². The van der Waals surface area contributed by atoms with Gasteiger partial charge in [-0.1, -0.05) is 60.7 Å². The minimum Gasteiger partial charge on any atom is -0.478 e. The Hall–Kier alpha value is -3.11. The van der Waals surface area contributed by atoms with Gasteiger partial charge in [0.2, 0.25) is 5.91 Å². The predicted molar refractivity (Wildman–Crippen MR) is 116 cm³/mol. The van der Waals surface area contributed by atoms with Crippen molar-refractivity contribution < 1.29 is 14.7 Å². The van der Waals surface area contributed by atoms with Crippen molar-refractivity contribution in [1.82, 2.24) is 5.32 Å². The summed E-state index contributed by atoms with van der Waals surface area (Å²) in [6, 6.07) is 23.3. The normalized spacial score (nSPS) is 11.9. The summed E-state index contributed by atoms with van der Waals surface area (Å²) in [7, 11) is 0. The third kappa shape index (κ3) is 4.33. The molecule has 0 heterocycles. The topological polar surface area (TPSA) is 66.4 Å². The lowest BCUT2D eigenvalue weighted by Gasteiger charge is -2.13. The average Bonchev–Trinajstić information content (AvgIpc) is 3.03. The number of hydrogen-bond donors (Lipinski definition) is 2. The minimum absolute atomic E-state index is 0. The second-order valence-corrected chi connectivity index (χ2v) is 7.03. The summed E-state index contributed by atoms with van der Waals surface area (Å²) in [5.74, 6) is -0.821. The van der Waals surface area contributed by atoms with Crippen molar-refractivity contribution in [2.75, 3.05) is 6.54 Å². The Morgan fingerprint density at radius 2 is 1.38 bits per heavy atom. The van der Waals surface area contributed by atoms with Crippen molar-refractivity contribution in [1.29, 1.82) is 0 Å². The third-order valence-electron chi connectivity index (χ3n) is 5.29. The van der Waals surface area contributed by atoms with Crippen LogP contribution < -0.4 is 5.32 Å². The summed E-state index contributed by atoms with van der Waals surface area (Å²) >= 11 is 0. The zero-order valence-corrected chi connectivity index (χ0v) is 16.6. The Kier molecular flexibility index (Phi) is 6.35. The molecule has 1 aliphatic carbocycles. The van der Waals surface area contributed by atoms with Crippen LogP contribution in [0.15, 0.2) is 72.8 Å². The Bertz CT molecular complexity index is 985. The number of aromatic carboxylic acids is 1. The fourth-order valence-electron chi connectivity index (χ4n) is 3.90. The maximum Gasteiger partial charge on any atom is 0.335 e. The molecule has 5 heteroatoms. The van der Waals surface area contributed by atoms with Crippen LogP contribution in [0.3, 0.4) is 0 Å². The van der Waals surface area contributed by atoms with Crippen molar-refractivity contribution in [2.24, 2.45) is 0 Å². The molecule has 0 bridgehead atoms. The molecule has 148 valence electrons. The molecule has 0 fully saturated rings. The van der Waals surface area contributed by atoms with Crippen LogP contribution in [0.2, 0.25) is 0 Å². The van der Waals surface area contributed by atoms with E-state index in [1.54, 1.807) is 24.3 Å². The average molecular weight is 408 g/mol. The number of carboxylic acid groups (broad SMARTS) is 1. The van der Waals surface area contributed by atoms with E-state index in [2.05, 4.69) is 29.6 Å². The quantitative estimate of drug-likeness (QED) is 0.624. The second kappa shape index (κ2) is 8.93. The summed E-state index contributed by atoms with van der Waals surface area (Å²) in [5, 5.41) is 11.9. The van der Waals surface area contributed by atoms with Crippen molar-refractivity contribution >= 4 is 24.3 Å². The van der Waals surface area contributed by atoms with Gasteiger partial charge >= 0.3 is 5.97 Å². The molecule has 3 aromatic carbocycles. The van der Waals surface area contributed by atoms with Crippen LogP contribution >= 0.6 is 12.4 Å². The van der Waals surface area contributed by atoms with Crippen molar-refractivity contribution in [3.05, 3.63) is 95.1 Å². The highest BCUT2D eigenvalue weighted by atomic mass is 35.5. The molecule has 0 unspecified atom stereocenters. The van der Waals surface area contributed by atoms with Gasteiger partial charge in [0.1, 0.15) is 0 Å². The van der Waals surface area contributed by atoms with Gasteiger partial charge in [-0.3, -0.25) is 4.79 Å². The molecule has 4 nitrogen and oxygen atoms in total. The molecule has 0 radical (unpaired) electrons. The molecule has 0 saturated heterocycles. The number of fused-ring (bicyclic) bond motifs is 3. The van der Waals surface area contributed by atoms with Gasteiger partial charge in [0, 0.05) is 18.9 Å². The van der Waals surface area contributed by atoms with E-state index in [4.69, 9.17) is 5.11 Å². The van der Waals surface area contributed by atoms with Crippen molar-refractivity contribution in [3.63, 3.8) is 0 Å². The van der Waals surface area contributed by atoms with Crippen LogP contribution in [0.25, 0.3) is 11.1 Å². The number of hydrogen-bond acceptors (Lipinski definition) is 2. The molecule has 1 amide bonds. The molecular formula is C24H22ClNO3. The van der Waals surface area contributed by atoms with Gasteiger partial charge in [-0.2, -0.15) is 0 Å². The molecule has 1 aliphatic rings. The number of benzene rings is 3. The number of carbonyl (C=O) groups excluding carboxylic acids is 1. The van der Waals surface area contributed by atoms with Crippen LogP contribution in [0.4, 0.5) is 0 Å². The monoisotopic (exact) mass is 407 g/mol. The molecular weight excluding hydrogens is 386 g/mol. The Morgan fingerprint density at radius 3 is 1.93 bits per heavy atom. The minimum atomic E-state index is -0.933. The van der Waals surface area contributed by atoms with Gasteiger partial charge < -0.3 is 10.4 Å². The Balaban J connectivity index is 0.00000240. The largest absolute Gasteiger partial charge is 0.478 e. The first kappa shape index (κ1) is 20.6. The molecule has 2 N–H and O–H groups in total. The number of rotatable bonds is 6. The maximum atomic E-state index is 12.6. The first-order valence-electron chi connectivity index (χ1n) is 9.40. The number of nitrogens with one attached hydrogen (secondary N) is 1. The lowest BCUT2D eigenvalue weighted by Crippen LogP contribution is -2.27.